The number of hydrogen-bond donors (Lipinski definition) is 1. The Morgan fingerprint density at radius 2 is 2.15 bits per heavy atom. The van der Waals surface area contributed by atoms with Crippen LogP contribution >= 0.6 is 11.8 Å². The minimum Gasteiger partial charge on any atom is -0.359 e. The standard InChI is InChI=1S/C10H18N2S/c1-2-11-9-12-10(8-13-9)6-4-3-5-7-10/h2-8H2,1H3,(H,11,12). The van der Waals surface area contributed by atoms with Crippen molar-refractivity contribution in [3.8, 4) is 0 Å². The molecule has 3 heteroatoms. The predicted octanol–water partition coefficient (Wildman–Crippen LogP) is 2.40. The van der Waals surface area contributed by atoms with Crippen LogP contribution in [0.3, 0.4) is 0 Å². The van der Waals surface area contributed by atoms with Crippen LogP contribution in [-0.2, 0) is 0 Å². The molecule has 2 rings (SSSR count). The first-order valence-corrected chi connectivity index (χ1v) is 6.29. The van der Waals surface area contributed by atoms with Gasteiger partial charge in [0.05, 0.1) is 0 Å². The molecular weight excluding hydrogens is 180 g/mol. The molecule has 0 radical (unpaired) electrons. The van der Waals surface area contributed by atoms with Crippen LogP contribution in [0.25, 0.3) is 0 Å². The Morgan fingerprint density at radius 3 is 2.85 bits per heavy atom. The van der Waals surface area contributed by atoms with Crippen LogP contribution in [-0.4, -0.2) is 23.0 Å². The minimum absolute atomic E-state index is 0.428. The largest absolute Gasteiger partial charge is 0.359 e. The molecule has 1 saturated carbocycles. The van der Waals surface area contributed by atoms with Gasteiger partial charge in [-0.1, -0.05) is 31.0 Å². The zero-order valence-corrected chi connectivity index (χ0v) is 9.12. The zero-order chi connectivity index (χ0) is 9.15. The van der Waals surface area contributed by atoms with Gasteiger partial charge in [0.1, 0.15) is 0 Å². The lowest BCUT2D eigenvalue weighted by atomic mass is 9.83. The highest BCUT2D eigenvalue weighted by atomic mass is 32.2. The molecule has 74 valence electrons. The SMILES string of the molecule is CCN=C1NC2(CCCCC2)CS1. The van der Waals surface area contributed by atoms with Gasteiger partial charge in [0.25, 0.3) is 0 Å². The second kappa shape index (κ2) is 3.91. The van der Waals surface area contributed by atoms with Crippen molar-refractivity contribution in [1.29, 1.82) is 0 Å². The smallest absolute Gasteiger partial charge is 0.157 e. The summed E-state index contributed by atoms with van der Waals surface area (Å²) >= 11 is 1.91. The van der Waals surface area contributed by atoms with Crippen LogP contribution in [0.2, 0.25) is 0 Å². The molecule has 0 atom stereocenters. The fraction of sp³-hybridized carbons (Fsp3) is 0.900. The van der Waals surface area contributed by atoms with Crippen molar-refractivity contribution >= 4 is 16.9 Å². The molecule has 13 heavy (non-hydrogen) atoms. The summed E-state index contributed by atoms with van der Waals surface area (Å²) in [7, 11) is 0. The van der Waals surface area contributed by atoms with E-state index in [-0.39, 0.29) is 0 Å². The van der Waals surface area contributed by atoms with E-state index in [1.165, 1.54) is 43.0 Å². The van der Waals surface area contributed by atoms with Gasteiger partial charge in [-0.2, -0.15) is 0 Å². The molecule has 1 saturated heterocycles. The van der Waals surface area contributed by atoms with Crippen LogP contribution < -0.4 is 5.32 Å². The third kappa shape index (κ3) is 2.01. The van der Waals surface area contributed by atoms with Crippen molar-refractivity contribution in [3.63, 3.8) is 0 Å². The lowest BCUT2D eigenvalue weighted by Crippen LogP contribution is -2.45. The first-order valence-electron chi connectivity index (χ1n) is 5.30. The molecule has 1 aliphatic carbocycles. The molecular formula is C10H18N2S. The van der Waals surface area contributed by atoms with Gasteiger partial charge in [0.2, 0.25) is 0 Å². The van der Waals surface area contributed by atoms with Gasteiger partial charge in [0.15, 0.2) is 5.17 Å². The fourth-order valence-electron chi connectivity index (χ4n) is 2.23. The van der Waals surface area contributed by atoms with Crippen LogP contribution in [0.4, 0.5) is 0 Å². The van der Waals surface area contributed by atoms with E-state index in [4.69, 9.17) is 0 Å². The first-order chi connectivity index (χ1) is 6.35. The van der Waals surface area contributed by atoms with Gasteiger partial charge < -0.3 is 5.32 Å². The monoisotopic (exact) mass is 198 g/mol. The quantitative estimate of drug-likeness (QED) is 0.699. The Bertz CT molecular complexity index is 207. The van der Waals surface area contributed by atoms with E-state index in [0.29, 0.717) is 5.54 Å². The third-order valence-corrected chi connectivity index (χ3v) is 4.17. The summed E-state index contributed by atoms with van der Waals surface area (Å²) in [6.45, 7) is 3.01. The molecule has 0 aromatic rings. The average Bonchev–Trinajstić information content (AvgIpc) is 2.51. The lowest BCUT2D eigenvalue weighted by Gasteiger charge is -2.32. The number of aliphatic imine (C=N–C) groups is 1. The summed E-state index contributed by atoms with van der Waals surface area (Å²) in [6, 6.07) is 0. The van der Waals surface area contributed by atoms with Crippen molar-refractivity contribution in [2.45, 2.75) is 44.6 Å². The van der Waals surface area contributed by atoms with Crippen molar-refractivity contribution < 1.29 is 0 Å². The Morgan fingerprint density at radius 1 is 1.38 bits per heavy atom. The summed E-state index contributed by atoms with van der Waals surface area (Å²) in [5.41, 5.74) is 0.428. The average molecular weight is 198 g/mol. The van der Waals surface area contributed by atoms with Crippen LogP contribution in [0.15, 0.2) is 4.99 Å². The second-order valence-electron chi connectivity index (χ2n) is 4.03. The van der Waals surface area contributed by atoms with E-state index >= 15 is 0 Å². The van der Waals surface area contributed by atoms with Gasteiger partial charge in [-0.15, -0.1) is 0 Å². The summed E-state index contributed by atoms with van der Waals surface area (Å²) in [4.78, 5) is 4.44. The second-order valence-corrected chi connectivity index (χ2v) is 5.00. The Hall–Kier alpha value is -0.180. The summed E-state index contributed by atoms with van der Waals surface area (Å²) in [5, 5.41) is 4.80. The molecule has 0 aromatic heterocycles. The zero-order valence-electron chi connectivity index (χ0n) is 8.31. The maximum Gasteiger partial charge on any atom is 0.157 e. The van der Waals surface area contributed by atoms with Crippen molar-refractivity contribution in [1.82, 2.24) is 5.32 Å². The van der Waals surface area contributed by atoms with Crippen molar-refractivity contribution in [2.24, 2.45) is 4.99 Å². The fourth-order valence-corrected chi connectivity index (χ4v) is 3.52. The van der Waals surface area contributed by atoms with Gasteiger partial charge in [-0.25, -0.2) is 0 Å². The Labute approximate surface area is 84.6 Å². The molecule has 2 nitrogen and oxygen atoms in total. The molecule has 0 aromatic carbocycles. The lowest BCUT2D eigenvalue weighted by molar-refractivity contribution is 0.303. The highest BCUT2D eigenvalue weighted by Gasteiger charge is 2.37. The van der Waals surface area contributed by atoms with E-state index in [1.54, 1.807) is 0 Å². The molecule has 0 unspecified atom stereocenters. The van der Waals surface area contributed by atoms with E-state index in [1.807, 2.05) is 11.8 Å². The van der Waals surface area contributed by atoms with E-state index in [2.05, 4.69) is 17.2 Å². The van der Waals surface area contributed by atoms with Gasteiger partial charge in [-0.05, 0) is 19.8 Å². The van der Waals surface area contributed by atoms with Gasteiger partial charge >= 0.3 is 0 Å². The summed E-state index contributed by atoms with van der Waals surface area (Å²) in [6.07, 6.45) is 6.92. The highest BCUT2D eigenvalue weighted by Crippen LogP contribution is 2.35. The van der Waals surface area contributed by atoms with E-state index < -0.39 is 0 Å². The number of nitrogens with zero attached hydrogens (tertiary/aromatic N) is 1. The number of nitrogens with one attached hydrogen (secondary N) is 1. The van der Waals surface area contributed by atoms with Gasteiger partial charge in [-0.3, -0.25) is 4.99 Å². The molecule has 0 bridgehead atoms. The maximum absolute atomic E-state index is 4.44. The number of amidine groups is 1. The Kier molecular flexibility index (Phi) is 2.82. The predicted molar refractivity (Wildman–Crippen MR) is 59.4 cm³/mol. The van der Waals surface area contributed by atoms with Crippen LogP contribution in [0.5, 0.6) is 0 Å². The van der Waals surface area contributed by atoms with Crippen LogP contribution in [0, 0.1) is 0 Å². The molecule has 2 aliphatic rings. The Balaban J connectivity index is 1.98. The minimum atomic E-state index is 0.428. The van der Waals surface area contributed by atoms with Crippen molar-refractivity contribution in [2.75, 3.05) is 12.3 Å². The number of hydrogen-bond acceptors (Lipinski definition) is 2. The molecule has 2 fully saturated rings. The third-order valence-electron chi connectivity index (χ3n) is 2.97. The highest BCUT2D eigenvalue weighted by molar-refractivity contribution is 8.14. The van der Waals surface area contributed by atoms with Gasteiger partial charge in [0, 0.05) is 17.8 Å². The topological polar surface area (TPSA) is 24.4 Å². The first kappa shape index (κ1) is 9.38. The van der Waals surface area contributed by atoms with E-state index in [9.17, 15) is 0 Å². The summed E-state index contributed by atoms with van der Waals surface area (Å²) in [5.74, 6) is 1.24. The normalized spacial score (nSPS) is 29.5. The maximum atomic E-state index is 4.44. The molecule has 1 heterocycles. The van der Waals surface area contributed by atoms with E-state index in [0.717, 1.165) is 6.54 Å². The molecule has 1 aliphatic heterocycles. The molecule has 1 spiro atoms. The van der Waals surface area contributed by atoms with Crippen molar-refractivity contribution in [3.05, 3.63) is 0 Å². The summed E-state index contributed by atoms with van der Waals surface area (Å²) < 4.78 is 0. The number of thioether (sulfide) groups is 1. The van der Waals surface area contributed by atoms with Crippen LogP contribution in [0.1, 0.15) is 39.0 Å². The number of rotatable bonds is 1. The molecule has 0 amide bonds. The molecule has 1 N–H and O–H groups in total.